The maximum absolute atomic E-state index is 12.9. The molecule has 0 aromatic heterocycles. The van der Waals surface area contributed by atoms with Crippen LogP contribution in [0.5, 0.6) is 0 Å². The van der Waals surface area contributed by atoms with Crippen molar-refractivity contribution in [2.75, 3.05) is 0 Å². The molecule has 1 saturated carbocycles. The second-order valence-corrected chi connectivity index (χ2v) is 10.9. The van der Waals surface area contributed by atoms with Gasteiger partial charge in [0.1, 0.15) is 12.6 Å². The van der Waals surface area contributed by atoms with Crippen LogP contribution in [0.1, 0.15) is 71.1 Å². The smallest absolute Gasteiger partial charge is 0.404 e. The number of piperidine rings is 1. The van der Waals surface area contributed by atoms with Crippen molar-refractivity contribution in [3.05, 3.63) is 70.3 Å². The standard InChI is InChI=1S/C30H35N5O7/c31-29(39)42-17-19-3-1-18(2-4-19)16-41-23-8-6-22(7-9-23)33-30(40)32-14-20-5-10-24-21(13-20)15-35(28(24)38)25-11-12-26(36)34-27(25)37/h1-5,10,13,22-23,25H,6-9,11-12,14-17H2,(H2,31,39)(H2,32,33,40)(H,34,36,37). The molecular weight excluding hydrogens is 542 g/mol. The molecule has 1 saturated heterocycles. The van der Waals surface area contributed by atoms with Gasteiger partial charge in [-0.05, 0) is 60.4 Å². The van der Waals surface area contributed by atoms with Gasteiger partial charge in [-0.2, -0.15) is 0 Å². The third kappa shape index (κ3) is 7.24. The van der Waals surface area contributed by atoms with E-state index in [0.717, 1.165) is 47.9 Å². The van der Waals surface area contributed by atoms with Crippen LogP contribution in [0.25, 0.3) is 0 Å². The number of primary amides is 1. The Balaban J connectivity index is 1.01. The fraction of sp³-hybridized carbons (Fsp3) is 0.433. The first-order valence-electron chi connectivity index (χ1n) is 14.2. The lowest BCUT2D eigenvalue weighted by Gasteiger charge is -2.29. The zero-order chi connectivity index (χ0) is 29.6. The molecule has 222 valence electrons. The predicted octanol–water partition coefficient (Wildman–Crippen LogP) is 2.37. The Hall–Kier alpha value is -4.45. The molecule has 3 aliphatic rings. The number of imide groups is 1. The third-order valence-electron chi connectivity index (χ3n) is 7.94. The van der Waals surface area contributed by atoms with E-state index >= 15 is 0 Å². The summed E-state index contributed by atoms with van der Waals surface area (Å²) in [6, 6.07) is 12.2. The number of carbonyl (C=O) groups excluding carboxylic acids is 5. The van der Waals surface area contributed by atoms with Crippen LogP contribution < -0.4 is 21.7 Å². The summed E-state index contributed by atoms with van der Waals surface area (Å²) in [4.78, 5) is 61.4. The van der Waals surface area contributed by atoms with Crippen LogP contribution in [0.3, 0.4) is 0 Å². The van der Waals surface area contributed by atoms with Gasteiger partial charge in [0.15, 0.2) is 0 Å². The molecule has 1 aliphatic carbocycles. The fourth-order valence-corrected chi connectivity index (χ4v) is 5.63. The molecule has 0 spiro atoms. The minimum Gasteiger partial charge on any atom is -0.445 e. The van der Waals surface area contributed by atoms with Gasteiger partial charge >= 0.3 is 12.1 Å². The SMILES string of the molecule is NC(=O)OCc1ccc(COC2CCC(NC(=O)NCc3ccc4c(c3)CN(C3CCC(=O)NC3=O)C4=O)CC2)cc1. The highest BCUT2D eigenvalue weighted by atomic mass is 16.5. The summed E-state index contributed by atoms with van der Waals surface area (Å²) in [6.07, 6.45) is 3.18. The lowest BCUT2D eigenvalue weighted by molar-refractivity contribution is -0.136. The Morgan fingerprint density at radius 1 is 0.929 bits per heavy atom. The molecule has 1 atom stereocenters. The number of benzene rings is 2. The van der Waals surface area contributed by atoms with E-state index in [1.54, 1.807) is 12.1 Å². The highest BCUT2D eigenvalue weighted by molar-refractivity contribution is 6.05. The summed E-state index contributed by atoms with van der Waals surface area (Å²) < 4.78 is 10.9. The number of carbonyl (C=O) groups is 5. The summed E-state index contributed by atoms with van der Waals surface area (Å²) in [7, 11) is 0. The van der Waals surface area contributed by atoms with Crippen molar-refractivity contribution in [3.8, 4) is 0 Å². The highest BCUT2D eigenvalue weighted by Gasteiger charge is 2.39. The Morgan fingerprint density at radius 3 is 2.31 bits per heavy atom. The van der Waals surface area contributed by atoms with Gasteiger partial charge in [-0.3, -0.25) is 19.7 Å². The molecule has 5 N–H and O–H groups in total. The number of nitrogens with two attached hydrogens (primary N) is 1. The van der Waals surface area contributed by atoms with E-state index in [9.17, 15) is 24.0 Å². The first-order valence-corrected chi connectivity index (χ1v) is 14.2. The van der Waals surface area contributed by atoms with Crippen molar-refractivity contribution in [2.24, 2.45) is 5.73 Å². The lowest BCUT2D eigenvalue weighted by Crippen LogP contribution is -2.52. The van der Waals surface area contributed by atoms with E-state index in [-0.39, 0.29) is 43.0 Å². The summed E-state index contributed by atoms with van der Waals surface area (Å²) in [5.41, 5.74) is 9.06. The topological polar surface area (TPSA) is 169 Å². The number of amides is 6. The molecule has 2 aromatic rings. The molecule has 1 unspecified atom stereocenters. The van der Waals surface area contributed by atoms with Gasteiger partial charge in [0.2, 0.25) is 11.8 Å². The Morgan fingerprint density at radius 2 is 1.62 bits per heavy atom. The van der Waals surface area contributed by atoms with E-state index in [0.29, 0.717) is 31.7 Å². The van der Waals surface area contributed by atoms with Gasteiger partial charge in [0.05, 0.1) is 12.7 Å². The van der Waals surface area contributed by atoms with E-state index in [1.807, 2.05) is 30.3 Å². The molecule has 0 radical (unpaired) electrons. The van der Waals surface area contributed by atoms with Crippen molar-refractivity contribution in [3.63, 3.8) is 0 Å². The third-order valence-corrected chi connectivity index (χ3v) is 7.94. The molecule has 0 bridgehead atoms. The van der Waals surface area contributed by atoms with Crippen LogP contribution >= 0.6 is 0 Å². The van der Waals surface area contributed by atoms with Crippen molar-refractivity contribution in [1.82, 2.24) is 20.9 Å². The van der Waals surface area contributed by atoms with Gasteiger partial charge in [-0.15, -0.1) is 0 Å². The number of hydrogen-bond acceptors (Lipinski definition) is 7. The zero-order valence-electron chi connectivity index (χ0n) is 23.2. The molecule has 2 aliphatic heterocycles. The number of nitrogens with zero attached hydrogens (tertiary/aromatic N) is 1. The summed E-state index contributed by atoms with van der Waals surface area (Å²) in [5, 5.41) is 8.25. The molecular formula is C30H35N5O7. The normalized spacial score (nSPS) is 21.9. The second-order valence-electron chi connectivity index (χ2n) is 10.9. The minimum atomic E-state index is -0.801. The van der Waals surface area contributed by atoms with Gasteiger partial charge < -0.3 is 30.7 Å². The van der Waals surface area contributed by atoms with Gasteiger partial charge in [-0.1, -0.05) is 36.4 Å². The zero-order valence-corrected chi connectivity index (χ0v) is 23.2. The summed E-state index contributed by atoms with van der Waals surface area (Å²) in [5.74, 6) is -0.976. The number of fused-ring (bicyclic) bond motifs is 1. The second kappa shape index (κ2) is 13.0. The van der Waals surface area contributed by atoms with E-state index in [4.69, 9.17) is 15.2 Å². The van der Waals surface area contributed by atoms with Crippen LogP contribution in [-0.2, 0) is 45.4 Å². The molecule has 12 nitrogen and oxygen atoms in total. The maximum Gasteiger partial charge on any atom is 0.404 e. The number of ether oxygens (including phenoxy) is 2. The molecule has 5 rings (SSSR count). The van der Waals surface area contributed by atoms with Crippen LogP contribution in [0, 0.1) is 0 Å². The Bertz CT molecular complexity index is 1350. The van der Waals surface area contributed by atoms with Gasteiger partial charge in [0, 0.05) is 31.1 Å². The average molecular weight is 578 g/mol. The summed E-state index contributed by atoms with van der Waals surface area (Å²) in [6.45, 7) is 1.22. The number of rotatable bonds is 9. The first-order chi connectivity index (χ1) is 20.2. The van der Waals surface area contributed by atoms with Crippen molar-refractivity contribution < 1.29 is 33.4 Å². The first kappa shape index (κ1) is 29.1. The lowest BCUT2D eigenvalue weighted by atomic mass is 9.93. The molecule has 6 amide bonds. The van der Waals surface area contributed by atoms with Gasteiger partial charge in [-0.25, -0.2) is 9.59 Å². The Labute approximate surface area is 243 Å². The number of nitrogens with one attached hydrogen (secondary N) is 3. The van der Waals surface area contributed by atoms with Crippen LogP contribution in [0.2, 0.25) is 0 Å². The Kier molecular flexibility index (Phi) is 9.01. The summed E-state index contributed by atoms with van der Waals surface area (Å²) >= 11 is 0. The van der Waals surface area contributed by atoms with Gasteiger partial charge in [0.25, 0.3) is 5.91 Å². The molecule has 2 fully saturated rings. The van der Waals surface area contributed by atoms with E-state index < -0.39 is 18.0 Å². The molecule has 42 heavy (non-hydrogen) atoms. The monoisotopic (exact) mass is 577 g/mol. The minimum absolute atomic E-state index is 0.0640. The van der Waals surface area contributed by atoms with Crippen molar-refractivity contribution in [2.45, 2.75) is 83.0 Å². The van der Waals surface area contributed by atoms with Crippen LogP contribution in [-0.4, -0.2) is 52.9 Å². The van der Waals surface area contributed by atoms with Crippen LogP contribution in [0.15, 0.2) is 42.5 Å². The molecule has 2 aromatic carbocycles. The van der Waals surface area contributed by atoms with E-state index in [1.165, 1.54) is 4.90 Å². The quantitative estimate of drug-likeness (QED) is 0.332. The maximum atomic E-state index is 12.9. The highest BCUT2D eigenvalue weighted by Crippen LogP contribution is 2.28. The molecule has 12 heteroatoms. The largest absolute Gasteiger partial charge is 0.445 e. The fourth-order valence-electron chi connectivity index (χ4n) is 5.63. The average Bonchev–Trinajstić information content (AvgIpc) is 3.30. The van der Waals surface area contributed by atoms with Crippen LogP contribution in [0.4, 0.5) is 9.59 Å². The number of hydrogen-bond donors (Lipinski definition) is 4. The van der Waals surface area contributed by atoms with Crippen molar-refractivity contribution >= 4 is 29.8 Å². The number of urea groups is 1. The van der Waals surface area contributed by atoms with E-state index in [2.05, 4.69) is 16.0 Å². The molecule has 2 heterocycles. The van der Waals surface area contributed by atoms with Crippen molar-refractivity contribution in [1.29, 1.82) is 0 Å². The predicted molar refractivity (Wildman–Crippen MR) is 150 cm³/mol.